The van der Waals surface area contributed by atoms with Crippen molar-refractivity contribution >= 4 is 39.8 Å². The molecule has 0 aromatic carbocycles. The number of nitrogens with one attached hydrogen (secondary N) is 1. The maximum Gasteiger partial charge on any atom is 0.223 e. The predicted octanol–water partition coefficient (Wildman–Crippen LogP) is 3.09. The molecule has 1 N–H and O–H groups in total. The SMILES string of the molecule is O=C(CCCl)N1CCC(Cc2cc(Nc3nccs3)ncn2)CC1. The van der Waals surface area contributed by atoms with Crippen molar-refractivity contribution in [3.63, 3.8) is 0 Å². The van der Waals surface area contributed by atoms with Gasteiger partial charge in [-0.05, 0) is 25.2 Å². The molecule has 1 amide bonds. The molecule has 0 bridgehead atoms. The fourth-order valence-corrected chi connectivity index (χ4v) is 3.59. The molecule has 3 rings (SSSR count). The first kappa shape index (κ1) is 17.1. The highest BCUT2D eigenvalue weighted by Gasteiger charge is 2.22. The molecule has 2 aromatic rings. The van der Waals surface area contributed by atoms with Crippen LogP contribution in [0.1, 0.15) is 25.0 Å². The maximum atomic E-state index is 11.9. The molecule has 0 spiro atoms. The Labute approximate surface area is 150 Å². The molecule has 8 heteroatoms. The molecule has 3 heterocycles. The largest absolute Gasteiger partial charge is 0.343 e. The van der Waals surface area contributed by atoms with Gasteiger partial charge < -0.3 is 10.2 Å². The van der Waals surface area contributed by atoms with Gasteiger partial charge in [0.1, 0.15) is 12.1 Å². The zero-order valence-corrected chi connectivity index (χ0v) is 14.9. The van der Waals surface area contributed by atoms with Crippen molar-refractivity contribution in [1.82, 2.24) is 19.9 Å². The second-order valence-electron chi connectivity index (χ2n) is 5.82. The van der Waals surface area contributed by atoms with Crippen molar-refractivity contribution < 1.29 is 4.79 Å². The van der Waals surface area contributed by atoms with Crippen LogP contribution in [0.25, 0.3) is 0 Å². The number of amides is 1. The lowest BCUT2D eigenvalue weighted by molar-refractivity contribution is -0.132. The van der Waals surface area contributed by atoms with Gasteiger partial charge in [-0.2, -0.15) is 0 Å². The van der Waals surface area contributed by atoms with Crippen molar-refractivity contribution in [3.05, 3.63) is 29.7 Å². The van der Waals surface area contributed by atoms with Gasteiger partial charge in [0.2, 0.25) is 5.91 Å². The van der Waals surface area contributed by atoms with Gasteiger partial charge in [0.25, 0.3) is 0 Å². The van der Waals surface area contributed by atoms with E-state index in [0.717, 1.165) is 49.0 Å². The minimum absolute atomic E-state index is 0.167. The first-order valence-electron chi connectivity index (χ1n) is 8.06. The molecular formula is C16H20ClN5OS. The summed E-state index contributed by atoms with van der Waals surface area (Å²) in [5, 5.41) is 5.93. The van der Waals surface area contributed by atoms with Crippen LogP contribution in [0.4, 0.5) is 10.9 Å². The number of rotatable bonds is 6. The Morgan fingerprint density at radius 1 is 1.33 bits per heavy atom. The van der Waals surface area contributed by atoms with Crippen LogP contribution >= 0.6 is 22.9 Å². The normalized spacial score (nSPS) is 15.5. The maximum absolute atomic E-state index is 11.9. The van der Waals surface area contributed by atoms with Gasteiger partial charge in [-0.25, -0.2) is 15.0 Å². The summed E-state index contributed by atoms with van der Waals surface area (Å²) in [5.74, 6) is 1.88. The zero-order chi connectivity index (χ0) is 16.8. The van der Waals surface area contributed by atoms with E-state index in [9.17, 15) is 4.79 Å². The highest BCUT2D eigenvalue weighted by molar-refractivity contribution is 7.13. The Morgan fingerprint density at radius 2 is 2.17 bits per heavy atom. The number of nitrogens with zero attached hydrogens (tertiary/aromatic N) is 4. The van der Waals surface area contributed by atoms with E-state index >= 15 is 0 Å². The second-order valence-corrected chi connectivity index (χ2v) is 7.10. The Kier molecular flexibility index (Phi) is 5.98. The number of halogens is 1. The van der Waals surface area contributed by atoms with E-state index in [4.69, 9.17) is 11.6 Å². The number of alkyl halides is 1. The van der Waals surface area contributed by atoms with Gasteiger partial charge in [0.15, 0.2) is 5.13 Å². The number of thiazole rings is 1. The van der Waals surface area contributed by atoms with Crippen LogP contribution in [0.2, 0.25) is 0 Å². The quantitative estimate of drug-likeness (QED) is 0.796. The van der Waals surface area contributed by atoms with Gasteiger partial charge in [0, 0.05) is 48.7 Å². The second kappa shape index (κ2) is 8.39. The third-order valence-electron chi connectivity index (χ3n) is 4.16. The summed E-state index contributed by atoms with van der Waals surface area (Å²) in [6, 6.07) is 1.98. The van der Waals surface area contributed by atoms with Crippen LogP contribution < -0.4 is 5.32 Å². The van der Waals surface area contributed by atoms with Gasteiger partial charge in [-0.3, -0.25) is 4.79 Å². The van der Waals surface area contributed by atoms with Crippen LogP contribution in [0.3, 0.4) is 0 Å². The average Bonchev–Trinajstić information content (AvgIpc) is 3.09. The molecule has 1 fully saturated rings. The molecule has 0 atom stereocenters. The first-order valence-corrected chi connectivity index (χ1v) is 9.47. The van der Waals surface area contributed by atoms with E-state index < -0.39 is 0 Å². The van der Waals surface area contributed by atoms with Crippen LogP contribution in [-0.2, 0) is 11.2 Å². The number of hydrogen-bond donors (Lipinski definition) is 1. The minimum atomic E-state index is 0.167. The molecule has 6 nitrogen and oxygen atoms in total. The molecule has 0 aliphatic carbocycles. The van der Waals surface area contributed by atoms with Crippen molar-refractivity contribution in [2.75, 3.05) is 24.3 Å². The standard InChI is InChI=1S/C16H20ClN5OS/c17-4-1-15(23)22-6-2-12(3-7-22)9-13-10-14(20-11-19-13)21-16-18-5-8-24-16/h5,8,10-12H,1-4,6-7,9H2,(H,18,19,20,21). The average molecular weight is 366 g/mol. The summed E-state index contributed by atoms with van der Waals surface area (Å²) in [5.41, 5.74) is 1.02. The Hall–Kier alpha value is -1.73. The number of anilines is 2. The lowest BCUT2D eigenvalue weighted by Crippen LogP contribution is -2.39. The zero-order valence-electron chi connectivity index (χ0n) is 13.3. The van der Waals surface area contributed by atoms with Crippen molar-refractivity contribution in [2.24, 2.45) is 5.92 Å². The summed E-state index contributed by atoms with van der Waals surface area (Å²) in [6.07, 6.45) is 6.70. The molecule has 0 saturated carbocycles. The number of hydrogen-bond acceptors (Lipinski definition) is 6. The fourth-order valence-electron chi connectivity index (χ4n) is 2.89. The number of carbonyl (C=O) groups is 1. The highest BCUT2D eigenvalue weighted by atomic mass is 35.5. The van der Waals surface area contributed by atoms with Gasteiger partial charge in [-0.15, -0.1) is 22.9 Å². The fraction of sp³-hybridized carbons (Fsp3) is 0.500. The molecular weight excluding hydrogens is 346 g/mol. The van der Waals surface area contributed by atoms with Crippen molar-refractivity contribution in [3.8, 4) is 0 Å². The third kappa shape index (κ3) is 4.64. The Morgan fingerprint density at radius 3 is 2.88 bits per heavy atom. The summed E-state index contributed by atoms with van der Waals surface area (Å²) in [6.45, 7) is 1.63. The molecule has 24 heavy (non-hydrogen) atoms. The number of carbonyl (C=O) groups excluding carboxylic acids is 1. The van der Waals surface area contributed by atoms with Crippen LogP contribution in [0.15, 0.2) is 24.0 Å². The Bertz CT molecular complexity index is 658. The highest BCUT2D eigenvalue weighted by Crippen LogP contribution is 2.23. The third-order valence-corrected chi connectivity index (χ3v) is 5.04. The van der Waals surface area contributed by atoms with E-state index in [-0.39, 0.29) is 5.91 Å². The van der Waals surface area contributed by atoms with Crippen LogP contribution in [-0.4, -0.2) is 44.7 Å². The van der Waals surface area contributed by atoms with E-state index in [0.29, 0.717) is 18.2 Å². The summed E-state index contributed by atoms with van der Waals surface area (Å²) in [4.78, 5) is 26.6. The van der Waals surface area contributed by atoms with E-state index in [2.05, 4.69) is 20.3 Å². The number of aromatic nitrogens is 3. The van der Waals surface area contributed by atoms with Crippen LogP contribution in [0, 0.1) is 5.92 Å². The summed E-state index contributed by atoms with van der Waals surface area (Å²) in [7, 11) is 0. The van der Waals surface area contributed by atoms with E-state index in [1.807, 2.05) is 16.3 Å². The molecule has 128 valence electrons. The lowest BCUT2D eigenvalue weighted by Gasteiger charge is -2.31. The monoisotopic (exact) mass is 365 g/mol. The smallest absolute Gasteiger partial charge is 0.223 e. The molecule has 2 aromatic heterocycles. The predicted molar refractivity (Wildman–Crippen MR) is 95.8 cm³/mol. The minimum Gasteiger partial charge on any atom is -0.343 e. The molecule has 1 aliphatic heterocycles. The summed E-state index contributed by atoms with van der Waals surface area (Å²) >= 11 is 7.18. The topological polar surface area (TPSA) is 71.0 Å². The number of piperidine rings is 1. The van der Waals surface area contributed by atoms with Gasteiger partial charge >= 0.3 is 0 Å². The molecule has 0 unspecified atom stereocenters. The van der Waals surface area contributed by atoms with Crippen molar-refractivity contribution in [1.29, 1.82) is 0 Å². The van der Waals surface area contributed by atoms with E-state index in [1.54, 1.807) is 12.5 Å². The first-order chi connectivity index (χ1) is 11.7. The van der Waals surface area contributed by atoms with Crippen LogP contribution in [0.5, 0.6) is 0 Å². The molecule has 1 saturated heterocycles. The van der Waals surface area contributed by atoms with Gasteiger partial charge in [-0.1, -0.05) is 0 Å². The summed E-state index contributed by atoms with van der Waals surface area (Å²) < 4.78 is 0. The number of likely N-dealkylation sites (tertiary alicyclic amines) is 1. The van der Waals surface area contributed by atoms with E-state index in [1.165, 1.54) is 11.3 Å². The Balaban J connectivity index is 1.52. The molecule has 1 aliphatic rings. The van der Waals surface area contributed by atoms with Crippen molar-refractivity contribution in [2.45, 2.75) is 25.7 Å². The lowest BCUT2D eigenvalue weighted by atomic mass is 9.92. The van der Waals surface area contributed by atoms with Gasteiger partial charge in [0.05, 0.1) is 0 Å². The molecule has 0 radical (unpaired) electrons.